The Morgan fingerprint density at radius 2 is 1.96 bits per heavy atom. The summed E-state index contributed by atoms with van der Waals surface area (Å²) >= 11 is 0. The van der Waals surface area contributed by atoms with Gasteiger partial charge in [-0.3, -0.25) is 24.6 Å². The smallest absolute Gasteiger partial charge is 0.270 e. The van der Waals surface area contributed by atoms with Crippen molar-refractivity contribution >= 4 is 17.5 Å². The molecule has 8 heteroatoms. The molecule has 2 amide bonds. The molecule has 1 aliphatic heterocycles. The fourth-order valence-electron chi connectivity index (χ4n) is 2.53. The molecule has 0 aliphatic carbocycles. The quantitative estimate of drug-likeness (QED) is 0.489. The topological polar surface area (TPSA) is 104 Å². The lowest BCUT2D eigenvalue weighted by Gasteiger charge is -2.14. The maximum Gasteiger partial charge on any atom is 0.282 e. The summed E-state index contributed by atoms with van der Waals surface area (Å²) in [6.45, 7) is -0.374. The van der Waals surface area contributed by atoms with Crippen LogP contribution in [0.1, 0.15) is 31.8 Å². The highest BCUT2D eigenvalue weighted by atomic mass is 19.1. The van der Waals surface area contributed by atoms with Crippen molar-refractivity contribution in [2.24, 2.45) is 0 Å². The Labute approximate surface area is 134 Å². The highest BCUT2D eigenvalue weighted by Gasteiger charge is 2.41. The average Bonchev–Trinajstić information content (AvgIpc) is 2.81. The van der Waals surface area contributed by atoms with E-state index in [0.717, 1.165) is 17.0 Å². The first-order chi connectivity index (χ1) is 11.4. The molecule has 1 aliphatic rings. The number of nitrogens with zero attached hydrogens (tertiary/aromatic N) is 3. The van der Waals surface area contributed by atoms with E-state index in [2.05, 4.69) is 0 Å². The van der Waals surface area contributed by atoms with Crippen molar-refractivity contribution in [3.8, 4) is 6.07 Å². The first-order valence-electron chi connectivity index (χ1n) is 6.76. The molecule has 0 atom stereocenters. The minimum absolute atomic E-state index is 0.0335. The van der Waals surface area contributed by atoms with Gasteiger partial charge in [0.15, 0.2) is 0 Å². The lowest BCUT2D eigenvalue weighted by atomic mass is 10.1. The number of nitro benzene ring substituents is 1. The van der Waals surface area contributed by atoms with Crippen LogP contribution in [0, 0.1) is 27.3 Å². The van der Waals surface area contributed by atoms with Crippen molar-refractivity contribution in [1.29, 1.82) is 5.26 Å². The van der Waals surface area contributed by atoms with E-state index in [4.69, 9.17) is 5.26 Å². The van der Waals surface area contributed by atoms with Crippen LogP contribution < -0.4 is 0 Å². The lowest BCUT2D eigenvalue weighted by molar-refractivity contribution is -0.385. The number of hydrogen-bond donors (Lipinski definition) is 0. The summed E-state index contributed by atoms with van der Waals surface area (Å²) in [7, 11) is 0. The van der Waals surface area contributed by atoms with Crippen LogP contribution in [-0.2, 0) is 6.54 Å². The number of imide groups is 1. The van der Waals surface area contributed by atoms with E-state index in [1.165, 1.54) is 24.3 Å². The Morgan fingerprint density at radius 1 is 1.21 bits per heavy atom. The van der Waals surface area contributed by atoms with Crippen molar-refractivity contribution < 1.29 is 18.9 Å². The van der Waals surface area contributed by atoms with Crippen LogP contribution in [0.25, 0.3) is 0 Å². The molecule has 0 fully saturated rings. The molecule has 0 spiro atoms. The third-order valence-corrected chi connectivity index (χ3v) is 3.68. The van der Waals surface area contributed by atoms with Gasteiger partial charge in [0.1, 0.15) is 11.4 Å². The van der Waals surface area contributed by atoms with Gasteiger partial charge in [-0.25, -0.2) is 4.39 Å². The van der Waals surface area contributed by atoms with Gasteiger partial charge < -0.3 is 0 Å². The van der Waals surface area contributed by atoms with Gasteiger partial charge in [0.25, 0.3) is 17.5 Å². The Morgan fingerprint density at radius 3 is 2.58 bits per heavy atom. The van der Waals surface area contributed by atoms with Gasteiger partial charge in [-0.2, -0.15) is 5.26 Å². The average molecular weight is 325 g/mol. The predicted molar refractivity (Wildman–Crippen MR) is 78.4 cm³/mol. The number of halogens is 1. The SMILES string of the molecule is N#Cc1ccc(CN2C(=O)c3cccc([N+](=O)[O-])c3C2=O)c(F)c1. The van der Waals surface area contributed by atoms with Gasteiger partial charge >= 0.3 is 0 Å². The summed E-state index contributed by atoms with van der Waals surface area (Å²) in [5.41, 5.74) is -0.695. The molecule has 7 nitrogen and oxygen atoms in total. The minimum Gasteiger partial charge on any atom is -0.270 e. The van der Waals surface area contributed by atoms with Crippen LogP contribution in [0.4, 0.5) is 10.1 Å². The number of fused-ring (bicyclic) bond motifs is 1. The molecule has 0 saturated carbocycles. The van der Waals surface area contributed by atoms with E-state index in [1.54, 1.807) is 6.07 Å². The molecule has 1 heterocycles. The third-order valence-electron chi connectivity index (χ3n) is 3.68. The zero-order chi connectivity index (χ0) is 17.4. The van der Waals surface area contributed by atoms with Crippen LogP contribution in [0.5, 0.6) is 0 Å². The van der Waals surface area contributed by atoms with E-state index in [9.17, 15) is 24.1 Å². The van der Waals surface area contributed by atoms with Crippen molar-refractivity contribution in [2.75, 3.05) is 0 Å². The Bertz CT molecular complexity index is 949. The number of amides is 2. The zero-order valence-corrected chi connectivity index (χ0v) is 12.0. The molecule has 24 heavy (non-hydrogen) atoms. The largest absolute Gasteiger partial charge is 0.282 e. The summed E-state index contributed by atoms with van der Waals surface area (Å²) in [5.74, 6) is -2.30. The van der Waals surface area contributed by atoms with E-state index in [0.29, 0.717) is 0 Å². The predicted octanol–water partition coefficient (Wildman–Crippen LogP) is 2.40. The number of benzene rings is 2. The minimum atomic E-state index is -0.842. The molecular formula is C16H8FN3O4. The van der Waals surface area contributed by atoms with Crippen LogP contribution in [0.2, 0.25) is 0 Å². The second-order valence-corrected chi connectivity index (χ2v) is 5.07. The standard InChI is InChI=1S/C16H8FN3O4/c17-12-6-9(7-18)4-5-10(12)8-19-15(21)11-2-1-3-13(20(23)24)14(11)16(19)22/h1-6H,8H2. The normalized spacial score (nSPS) is 12.9. The molecular weight excluding hydrogens is 317 g/mol. The second-order valence-electron chi connectivity index (χ2n) is 5.07. The molecule has 0 saturated heterocycles. The van der Waals surface area contributed by atoms with Crippen molar-refractivity contribution in [3.05, 3.63) is 74.6 Å². The molecule has 0 bridgehead atoms. The van der Waals surface area contributed by atoms with Crippen LogP contribution >= 0.6 is 0 Å². The number of rotatable bonds is 3. The molecule has 118 valence electrons. The zero-order valence-electron chi connectivity index (χ0n) is 12.0. The Hall–Kier alpha value is -3.60. The van der Waals surface area contributed by atoms with E-state index in [-0.39, 0.29) is 28.8 Å². The number of hydrogen-bond acceptors (Lipinski definition) is 5. The summed E-state index contributed by atoms with van der Waals surface area (Å²) in [5, 5.41) is 19.8. The summed E-state index contributed by atoms with van der Waals surface area (Å²) in [4.78, 5) is 35.8. The lowest BCUT2D eigenvalue weighted by Crippen LogP contribution is -2.29. The number of carbonyl (C=O) groups excluding carboxylic acids is 2. The maximum atomic E-state index is 14.0. The first kappa shape index (κ1) is 15.3. The van der Waals surface area contributed by atoms with Crippen LogP contribution in [0.3, 0.4) is 0 Å². The van der Waals surface area contributed by atoms with Crippen LogP contribution in [0.15, 0.2) is 36.4 Å². The van der Waals surface area contributed by atoms with Crippen LogP contribution in [-0.4, -0.2) is 21.6 Å². The van der Waals surface area contributed by atoms with Gasteiger partial charge in [-0.15, -0.1) is 0 Å². The highest BCUT2D eigenvalue weighted by Crippen LogP contribution is 2.31. The summed E-state index contributed by atoms with van der Waals surface area (Å²) in [6, 6.07) is 9.20. The third kappa shape index (κ3) is 2.28. The Kier molecular flexibility index (Phi) is 3.54. The van der Waals surface area contributed by atoms with Gasteiger partial charge in [-0.1, -0.05) is 12.1 Å². The number of nitriles is 1. The molecule has 0 aromatic heterocycles. The summed E-state index contributed by atoms with van der Waals surface area (Å²) in [6.07, 6.45) is 0. The first-order valence-corrected chi connectivity index (χ1v) is 6.76. The van der Waals surface area contributed by atoms with Crippen molar-refractivity contribution in [2.45, 2.75) is 6.54 Å². The van der Waals surface area contributed by atoms with E-state index in [1.807, 2.05) is 0 Å². The molecule has 0 N–H and O–H groups in total. The van der Waals surface area contributed by atoms with Gasteiger partial charge in [-0.05, 0) is 18.2 Å². The maximum absolute atomic E-state index is 14.0. The molecule has 0 radical (unpaired) electrons. The molecule has 2 aromatic carbocycles. The molecule has 3 rings (SSSR count). The fourth-order valence-corrected chi connectivity index (χ4v) is 2.53. The van der Waals surface area contributed by atoms with Crippen molar-refractivity contribution in [1.82, 2.24) is 4.90 Å². The Balaban J connectivity index is 1.99. The monoisotopic (exact) mass is 325 g/mol. The van der Waals surface area contributed by atoms with Crippen molar-refractivity contribution in [3.63, 3.8) is 0 Å². The fraction of sp³-hybridized carbons (Fsp3) is 0.0625. The van der Waals surface area contributed by atoms with Gasteiger partial charge in [0, 0.05) is 11.6 Å². The number of nitro groups is 1. The van der Waals surface area contributed by atoms with Gasteiger partial charge in [0.2, 0.25) is 0 Å². The molecule has 0 unspecified atom stereocenters. The van der Waals surface area contributed by atoms with E-state index < -0.39 is 28.2 Å². The summed E-state index contributed by atoms with van der Waals surface area (Å²) < 4.78 is 14.0. The van der Waals surface area contributed by atoms with Gasteiger partial charge in [0.05, 0.1) is 28.7 Å². The second kappa shape index (κ2) is 5.55. The van der Waals surface area contributed by atoms with E-state index >= 15 is 0 Å². The molecule has 2 aromatic rings. The number of carbonyl (C=O) groups is 2. The highest BCUT2D eigenvalue weighted by molar-refractivity contribution is 6.23.